The average molecular weight is 178 g/mol. The molecule has 0 aromatic carbocycles. The number of nitrogens with zero attached hydrogens (tertiary/aromatic N) is 2. The highest BCUT2D eigenvalue weighted by Crippen LogP contribution is 2.50. The third-order valence-electron chi connectivity index (χ3n) is 2.96. The van der Waals surface area contributed by atoms with Gasteiger partial charge in [0.1, 0.15) is 5.69 Å². The minimum atomic E-state index is -0.0473. The second-order valence-corrected chi connectivity index (χ2v) is 3.84. The fraction of sp³-hybridized carbons (Fsp3) is 0.600. The molecule has 1 heterocycles. The Bertz CT molecular complexity index is 336. The molecule has 1 aromatic heterocycles. The summed E-state index contributed by atoms with van der Waals surface area (Å²) < 4.78 is 1.68. The van der Waals surface area contributed by atoms with Crippen LogP contribution in [0.5, 0.6) is 0 Å². The largest absolute Gasteiger partial charge is 0.292 e. The first kappa shape index (κ1) is 8.48. The highest BCUT2D eigenvalue weighted by molar-refractivity contribution is 6.00. The van der Waals surface area contributed by atoms with Gasteiger partial charge in [0.15, 0.2) is 5.78 Å². The quantitative estimate of drug-likeness (QED) is 0.661. The fourth-order valence-corrected chi connectivity index (χ4v) is 1.70. The molecule has 3 heteroatoms. The van der Waals surface area contributed by atoms with Crippen LogP contribution in [0.4, 0.5) is 0 Å². The Morgan fingerprint density at radius 2 is 2.38 bits per heavy atom. The van der Waals surface area contributed by atoms with Crippen molar-refractivity contribution >= 4 is 5.78 Å². The van der Waals surface area contributed by atoms with E-state index < -0.39 is 0 Å². The Balaban J connectivity index is 2.23. The molecule has 1 saturated carbocycles. The first-order valence-corrected chi connectivity index (χ1v) is 4.72. The van der Waals surface area contributed by atoms with Crippen molar-refractivity contribution in [3.8, 4) is 0 Å². The van der Waals surface area contributed by atoms with Crippen molar-refractivity contribution in [3.05, 3.63) is 18.0 Å². The maximum Gasteiger partial charge on any atom is 0.189 e. The number of carbonyl (C=O) groups is 1. The topological polar surface area (TPSA) is 34.9 Å². The number of carbonyl (C=O) groups excluding carboxylic acids is 1. The van der Waals surface area contributed by atoms with Crippen LogP contribution in [-0.2, 0) is 7.05 Å². The lowest BCUT2D eigenvalue weighted by molar-refractivity contribution is 0.0890. The van der Waals surface area contributed by atoms with Crippen LogP contribution in [0.25, 0.3) is 0 Å². The van der Waals surface area contributed by atoms with Crippen LogP contribution in [0.15, 0.2) is 12.3 Å². The van der Waals surface area contributed by atoms with Gasteiger partial charge in [-0.05, 0) is 25.3 Å². The molecule has 0 radical (unpaired) electrons. The van der Waals surface area contributed by atoms with E-state index >= 15 is 0 Å². The van der Waals surface area contributed by atoms with Crippen molar-refractivity contribution in [1.29, 1.82) is 0 Å². The lowest BCUT2D eigenvalue weighted by Gasteiger charge is -2.07. The van der Waals surface area contributed by atoms with E-state index in [1.54, 1.807) is 10.7 Å². The zero-order chi connectivity index (χ0) is 9.47. The van der Waals surface area contributed by atoms with Crippen LogP contribution in [0.2, 0.25) is 0 Å². The van der Waals surface area contributed by atoms with Gasteiger partial charge in [-0.2, -0.15) is 5.10 Å². The van der Waals surface area contributed by atoms with Gasteiger partial charge in [0.25, 0.3) is 0 Å². The minimum absolute atomic E-state index is 0.0473. The molecular formula is C10H14N2O. The van der Waals surface area contributed by atoms with E-state index in [0.717, 1.165) is 19.3 Å². The summed E-state index contributed by atoms with van der Waals surface area (Å²) in [5.74, 6) is 0.232. The second-order valence-electron chi connectivity index (χ2n) is 3.84. The Hall–Kier alpha value is -1.12. The molecule has 1 aromatic rings. The van der Waals surface area contributed by atoms with Gasteiger partial charge in [0.05, 0.1) is 0 Å². The van der Waals surface area contributed by atoms with Gasteiger partial charge < -0.3 is 0 Å². The molecule has 70 valence electrons. The third kappa shape index (κ3) is 1.28. The average Bonchev–Trinajstić information content (AvgIpc) is 2.82. The molecule has 0 N–H and O–H groups in total. The number of Topliss-reactive ketones (excluding diaryl/α,β-unsaturated/α-hetero) is 1. The fourth-order valence-electron chi connectivity index (χ4n) is 1.70. The number of aryl methyl sites for hydroxylation is 1. The number of ketones is 1. The number of aromatic nitrogens is 2. The van der Waals surface area contributed by atoms with Crippen molar-refractivity contribution in [1.82, 2.24) is 9.78 Å². The lowest BCUT2D eigenvalue weighted by Crippen LogP contribution is -2.15. The second kappa shape index (κ2) is 2.69. The molecule has 0 saturated heterocycles. The van der Waals surface area contributed by atoms with Crippen molar-refractivity contribution < 1.29 is 4.79 Å². The van der Waals surface area contributed by atoms with Crippen LogP contribution >= 0.6 is 0 Å². The molecule has 1 fully saturated rings. The molecule has 1 aliphatic rings. The smallest absolute Gasteiger partial charge is 0.189 e. The van der Waals surface area contributed by atoms with Crippen molar-refractivity contribution in [2.45, 2.75) is 26.2 Å². The molecule has 0 aliphatic heterocycles. The van der Waals surface area contributed by atoms with Gasteiger partial charge in [0, 0.05) is 18.7 Å². The van der Waals surface area contributed by atoms with Gasteiger partial charge in [-0.1, -0.05) is 6.92 Å². The summed E-state index contributed by atoms with van der Waals surface area (Å²) in [5.41, 5.74) is 0.579. The monoisotopic (exact) mass is 178 g/mol. The molecule has 1 aliphatic carbocycles. The van der Waals surface area contributed by atoms with E-state index in [2.05, 4.69) is 12.0 Å². The minimum Gasteiger partial charge on any atom is -0.292 e. The van der Waals surface area contributed by atoms with Crippen LogP contribution in [0.1, 0.15) is 36.7 Å². The number of hydrogen-bond acceptors (Lipinski definition) is 2. The molecule has 2 rings (SSSR count). The molecule has 3 nitrogen and oxygen atoms in total. The maximum atomic E-state index is 11.9. The van der Waals surface area contributed by atoms with Gasteiger partial charge in [-0.15, -0.1) is 0 Å². The first-order chi connectivity index (χ1) is 6.18. The summed E-state index contributed by atoms with van der Waals surface area (Å²) in [7, 11) is 1.84. The highest BCUT2D eigenvalue weighted by atomic mass is 16.1. The van der Waals surface area contributed by atoms with Crippen molar-refractivity contribution in [2.24, 2.45) is 12.5 Å². The summed E-state index contributed by atoms with van der Waals surface area (Å²) >= 11 is 0. The summed E-state index contributed by atoms with van der Waals surface area (Å²) in [6.45, 7) is 2.08. The Kier molecular flexibility index (Phi) is 1.75. The van der Waals surface area contributed by atoms with Crippen molar-refractivity contribution in [3.63, 3.8) is 0 Å². The maximum absolute atomic E-state index is 11.9. The van der Waals surface area contributed by atoms with Crippen molar-refractivity contribution in [2.75, 3.05) is 0 Å². The molecule has 0 atom stereocenters. The van der Waals surface area contributed by atoms with E-state index in [-0.39, 0.29) is 11.2 Å². The van der Waals surface area contributed by atoms with Crippen LogP contribution < -0.4 is 0 Å². The van der Waals surface area contributed by atoms with E-state index in [9.17, 15) is 4.79 Å². The molecule has 0 unspecified atom stereocenters. The first-order valence-electron chi connectivity index (χ1n) is 4.72. The van der Waals surface area contributed by atoms with Gasteiger partial charge in [-0.25, -0.2) is 0 Å². The molecule has 0 amide bonds. The molecule has 0 spiro atoms. The summed E-state index contributed by atoms with van der Waals surface area (Å²) in [6, 6.07) is 1.80. The highest BCUT2D eigenvalue weighted by Gasteiger charge is 2.48. The summed E-state index contributed by atoms with van der Waals surface area (Å²) in [6.07, 6.45) is 4.85. The lowest BCUT2D eigenvalue weighted by atomic mass is 9.96. The van der Waals surface area contributed by atoms with Gasteiger partial charge >= 0.3 is 0 Å². The molecule has 13 heavy (non-hydrogen) atoms. The normalized spacial score (nSPS) is 18.6. The van der Waals surface area contributed by atoms with E-state index in [1.807, 2.05) is 13.2 Å². The van der Waals surface area contributed by atoms with E-state index in [4.69, 9.17) is 0 Å². The van der Waals surface area contributed by atoms with Gasteiger partial charge in [-0.3, -0.25) is 9.48 Å². The zero-order valence-corrected chi connectivity index (χ0v) is 8.08. The summed E-state index contributed by atoms with van der Waals surface area (Å²) in [5, 5.41) is 4.13. The standard InChI is InChI=1S/C10H14N2O/c1-3-10(5-6-10)9(13)8-4-7-12(2)11-8/h4,7H,3,5-6H2,1-2H3. The molecular weight excluding hydrogens is 164 g/mol. The Labute approximate surface area is 77.7 Å². The predicted octanol–water partition coefficient (Wildman–Crippen LogP) is 1.79. The van der Waals surface area contributed by atoms with Gasteiger partial charge in [0.2, 0.25) is 0 Å². The van der Waals surface area contributed by atoms with E-state index in [0.29, 0.717) is 5.69 Å². The van der Waals surface area contributed by atoms with Crippen LogP contribution in [-0.4, -0.2) is 15.6 Å². The Morgan fingerprint density at radius 1 is 1.69 bits per heavy atom. The predicted molar refractivity (Wildman–Crippen MR) is 49.5 cm³/mol. The summed E-state index contributed by atoms with van der Waals surface area (Å²) in [4.78, 5) is 11.9. The van der Waals surface area contributed by atoms with Crippen LogP contribution in [0.3, 0.4) is 0 Å². The third-order valence-corrected chi connectivity index (χ3v) is 2.96. The zero-order valence-electron chi connectivity index (χ0n) is 8.08. The number of hydrogen-bond donors (Lipinski definition) is 0. The SMILES string of the molecule is CCC1(C(=O)c2ccn(C)n2)CC1. The van der Waals surface area contributed by atoms with E-state index in [1.165, 1.54) is 0 Å². The Morgan fingerprint density at radius 3 is 2.77 bits per heavy atom. The number of rotatable bonds is 3. The molecule has 0 bridgehead atoms. The van der Waals surface area contributed by atoms with Crippen LogP contribution in [0, 0.1) is 5.41 Å².